The third-order valence-corrected chi connectivity index (χ3v) is 2.16. The number of rotatable bonds is 2. The van der Waals surface area contributed by atoms with E-state index in [1.165, 1.54) is 12.4 Å². The first-order valence-corrected chi connectivity index (χ1v) is 4.62. The summed E-state index contributed by atoms with van der Waals surface area (Å²) in [5, 5.41) is 6.14. The number of nitrogens with zero attached hydrogens (tertiary/aromatic N) is 2. The highest BCUT2D eigenvalue weighted by molar-refractivity contribution is 6.29. The second-order valence-electron chi connectivity index (χ2n) is 3.05. The smallest absolute Gasteiger partial charge is 0.271 e. The Hall–Kier alpha value is -0.910. The van der Waals surface area contributed by atoms with Crippen LogP contribution >= 0.6 is 24.0 Å². The Morgan fingerprint density at radius 3 is 2.67 bits per heavy atom. The molecular weight excluding hydrogens is 239 g/mol. The molecule has 15 heavy (non-hydrogen) atoms. The summed E-state index contributed by atoms with van der Waals surface area (Å²) in [4.78, 5) is 19.1. The van der Waals surface area contributed by atoms with Crippen molar-refractivity contribution in [1.82, 2.24) is 20.6 Å². The molecule has 1 aromatic heterocycles. The molecule has 0 bridgehead atoms. The van der Waals surface area contributed by atoms with Crippen LogP contribution in [0.5, 0.6) is 0 Å². The molecule has 1 aromatic rings. The first-order chi connectivity index (χ1) is 6.75. The molecule has 5 nitrogen and oxygen atoms in total. The molecule has 2 heterocycles. The van der Waals surface area contributed by atoms with E-state index in [-0.39, 0.29) is 29.5 Å². The molecule has 7 heteroatoms. The van der Waals surface area contributed by atoms with Gasteiger partial charge in [0, 0.05) is 13.1 Å². The van der Waals surface area contributed by atoms with Crippen molar-refractivity contribution in [1.29, 1.82) is 0 Å². The van der Waals surface area contributed by atoms with Crippen molar-refractivity contribution in [3.63, 3.8) is 0 Å². The van der Waals surface area contributed by atoms with Gasteiger partial charge in [0.15, 0.2) is 0 Å². The van der Waals surface area contributed by atoms with Gasteiger partial charge in [-0.15, -0.1) is 12.4 Å². The Balaban J connectivity index is 0.00000112. The lowest BCUT2D eigenvalue weighted by molar-refractivity contribution is 0.0918. The summed E-state index contributed by atoms with van der Waals surface area (Å²) in [7, 11) is 0. The zero-order valence-electron chi connectivity index (χ0n) is 7.74. The molecule has 1 aliphatic rings. The fourth-order valence-electron chi connectivity index (χ4n) is 1.08. The fraction of sp³-hybridized carbons (Fsp3) is 0.375. The maximum absolute atomic E-state index is 11.5. The topological polar surface area (TPSA) is 66.9 Å². The van der Waals surface area contributed by atoms with E-state index in [4.69, 9.17) is 11.6 Å². The molecule has 1 amide bonds. The van der Waals surface area contributed by atoms with Gasteiger partial charge in [0.05, 0.1) is 18.4 Å². The summed E-state index contributed by atoms with van der Waals surface area (Å²) in [6.45, 7) is 1.62. The van der Waals surface area contributed by atoms with E-state index in [2.05, 4.69) is 20.6 Å². The van der Waals surface area contributed by atoms with E-state index >= 15 is 0 Å². The van der Waals surface area contributed by atoms with Crippen molar-refractivity contribution in [2.45, 2.75) is 6.04 Å². The van der Waals surface area contributed by atoms with Gasteiger partial charge < -0.3 is 10.6 Å². The van der Waals surface area contributed by atoms with Crippen molar-refractivity contribution in [3.05, 3.63) is 23.2 Å². The number of carbonyl (C=O) groups excluding carboxylic acids is 1. The van der Waals surface area contributed by atoms with Crippen LogP contribution in [0.1, 0.15) is 10.5 Å². The van der Waals surface area contributed by atoms with Crippen LogP contribution in [-0.2, 0) is 0 Å². The first-order valence-electron chi connectivity index (χ1n) is 4.25. The number of amides is 1. The summed E-state index contributed by atoms with van der Waals surface area (Å²) in [6, 6.07) is 0.208. The second-order valence-corrected chi connectivity index (χ2v) is 3.44. The minimum absolute atomic E-state index is 0. The van der Waals surface area contributed by atoms with E-state index in [9.17, 15) is 4.79 Å². The molecule has 0 unspecified atom stereocenters. The molecule has 0 saturated carbocycles. The average Bonchev–Trinajstić information content (AvgIpc) is 2.12. The fourth-order valence-corrected chi connectivity index (χ4v) is 1.18. The Bertz CT molecular complexity index is 339. The van der Waals surface area contributed by atoms with E-state index in [0.717, 1.165) is 13.1 Å². The third kappa shape index (κ3) is 3.02. The first kappa shape index (κ1) is 12.2. The van der Waals surface area contributed by atoms with Crippen LogP contribution in [0, 0.1) is 0 Å². The second kappa shape index (κ2) is 5.25. The largest absolute Gasteiger partial charge is 0.345 e. The summed E-state index contributed by atoms with van der Waals surface area (Å²) in [6.07, 6.45) is 2.72. The van der Waals surface area contributed by atoms with Crippen LogP contribution in [-0.4, -0.2) is 35.0 Å². The quantitative estimate of drug-likeness (QED) is 0.788. The molecule has 2 rings (SSSR count). The normalized spacial score (nSPS) is 15.0. The molecule has 1 fully saturated rings. The maximum Gasteiger partial charge on any atom is 0.271 e. The molecular formula is C8H10Cl2N4O. The van der Waals surface area contributed by atoms with Gasteiger partial charge in [0.2, 0.25) is 0 Å². The van der Waals surface area contributed by atoms with Crippen LogP contribution in [0.2, 0.25) is 5.15 Å². The average molecular weight is 249 g/mol. The minimum atomic E-state index is -0.208. The Morgan fingerprint density at radius 2 is 2.20 bits per heavy atom. The summed E-state index contributed by atoms with van der Waals surface area (Å²) in [5.41, 5.74) is 0.293. The molecule has 0 atom stereocenters. The van der Waals surface area contributed by atoms with Gasteiger partial charge >= 0.3 is 0 Å². The van der Waals surface area contributed by atoms with E-state index in [1.54, 1.807) is 0 Å². The summed E-state index contributed by atoms with van der Waals surface area (Å²) in [5.74, 6) is -0.208. The summed E-state index contributed by atoms with van der Waals surface area (Å²) >= 11 is 5.55. The molecule has 0 spiro atoms. The monoisotopic (exact) mass is 248 g/mol. The minimum Gasteiger partial charge on any atom is -0.345 e. The van der Waals surface area contributed by atoms with Crippen molar-refractivity contribution in [3.8, 4) is 0 Å². The predicted molar refractivity (Wildman–Crippen MR) is 58.4 cm³/mol. The Kier molecular flexibility index (Phi) is 4.26. The lowest BCUT2D eigenvalue weighted by Gasteiger charge is -2.27. The third-order valence-electron chi connectivity index (χ3n) is 1.97. The highest BCUT2D eigenvalue weighted by Gasteiger charge is 2.20. The molecule has 2 N–H and O–H groups in total. The lowest BCUT2D eigenvalue weighted by atomic mass is 10.2. The lowest BCUT2D eigenvalue weighted by Crippen LogP contribution is -2.57. The van der Waals surface area contributed by atoms with Crippen molar-refractivity contribution in [2.24, 2.45) is 0 Å². The number of hydrogen-bond acceptors (Lipinski definition) is 4. The highest BCUT2D eigenvalue weighted by atomic mass is 35.5. The van der Waals surface area contributed by atoms with Gasteiger partial charge in [-0.2, -0.15) is 0 Å². The molecule has 82 valence electrons. The zero-order chi connectivity index (χ0) is 9.97. The molecule has 0 aliphatic carbocycles. The van der Waals surface area contributed by atoms with Crippen molar-refractivity contribution in [2.75, 3.05) is 13.1 Å². The van der Waals surface area contributed by atoms with Crippen LogP contribution in [0.15, 0.2) is 12.4 Å². The number of halogens is 2. The van der Waals surface area contributed by atoms with Gasteiger partial charge in [-0.1, -0.05) is 11.6 Å². The predicted octanol–water partition coefficient (Wildman–Crippen LogP) is 0.253. The van der Waals surface area contributed by atoms with Crippen molar-refractivity contribution >= 4 is 29.9 Å². The van der Waals surface area contributed by atoms with E-state index < -0.39 is 0 Å². The zero-order valence-corrected chi connectivity index (χ0v) is 9.31. The molecule has 1 saturated heterocycles. The van der Waals surface area contributed by atoms with Crippen molar-refractivity contribution < 1.29 is 4.79 Å². The Labute approximate surface area is 98.0 Å². The SMILES string of the molecule is Cl.O=C(NC1CNC1)c1cnc(Cl)cn1. The standard InChI is InChI=1S/C8H9ClN4O.ClH/c9-7-4-11-6(3-12-7)8(14)13-5-1-10-2-5;/h3-5,10H,1-2H2,(H,13,14);1H. The number of nitrogens with one attached hydrogen (secondary N) is 2. The van der Waals surface area contributed by atoms with Crippen LogP contribution in [0.4, 0.5) is 0 Å². The maximum atomic E-state index is 11.5. The van der Waals surface area contributed by atoms with E-state index in [0.29, 0.717) is 5.69 Å². The molecule has 0 aromatic carbocycles. The highest BCUT2D eigenvalue weighted by Crippen LogP contribution is 2.02. The van der Waals surface area contributed by atoms with Gasteiger partial charge in [-0.25, -0.2) is 9.97 Å². The summed E-state index contributed by atoms with van der Waals surface area (Å²) < 4.78 is 0. The van der Waals surface area contributed by atoms with E-state index in [1.807, 2.05) is 0 Å². The Morgan fingerprint density at radius 1 is 1.47 bits per heavy atom. The number of aromatic nitrogens is 2. The van der Waals surface area contributed by atoms with Gasteiger partial charge in [0.1, 0.15) is 10.8 Å². The van der Waals surface area contributed by atoms with Gasteiger partial charge in [-0.3, -0.25) is 4.79 Å². The van der Waals surface area contributed by atoms with Gasteiger partial charge in [0.25, 0.3) is 5.91 Å². The van der Waals surface area contributed by atoms with Crippen LogP contribution < -0.4 is 10.6 Å². The van der Waals surface area contributed by atoms with Crippen LogP contribution in [0.3, 0.4) is 0 Å². The molecule has 0 radical (unpaired) electrons. The number of carbonyl (C=O) groups is 1. The van der Waals surface area contributed by atoms with Gasteiger partial charge in [-0.05, 0) is 0 Å². The molecule has 1 aliphatic heterocycles. The number of hydrogen-bond donors (Lipinski definition) is 2. The van der Waals surface area contributed by atoms with Crippen LogP contribution in [0.25, 0.3) is 0 Å².